The topological polar surface area (TPSA) is 38.7 Å². The second-order valence-electron chi connectivity index (χ2n) is 4.42. The minimum Gasteiger partial charge on any atom is -0.508 e. The van der Waals surface area contributed by atoms with Crippen molar-refractivity contribution in [1.29, 1.82) is 0 Å². The summed E-state index contributed by atoms with van der Waals surface area (Å²) in [6, 6.07) is 6.90. The Morgan fingerprint density at radius 3 is 2.33 bits per heavy atom. The zero-order chi connectivity index (χ0) is 11.1. The Bertz CT molecular complexity index is 347. The Morgan fingerprint density at radius 2 is 1.87 bits per heavy atom. The molecule has 1 N–H and O–H groups in total. The Hall–Kier alpha value is -0.995. The maximum absolute atomic E-state index is 9.17. The van der Waals surface area contributed by atoms with Gasteiger partial charge in [0.25, 0.3) is 0 Å². The summed E-state index contributed by atoms with van der Waals surface area (Å²) in [5.74, 6) is 0.254. The summed E-state index contributed by atoms with van der Waals surface area (Å²) in [7, 11) is -0.324. The lowest BCUT2D eigenvalue weighted by atomic mass is 9.79. The number of phenols is 1. The van der Waals surface area contributed by atoms with Crippen molar-refractivity contribution in [2.75, 3.05) is 0 Å². The van der Waals surface area contributed by atoms with Gasteiger partial charge in [0.1, 0.15) is 5.75 Å². The van der Waals surface area contributed by atoms with Crippen molar-refractivity contribution in [2.45, 2.75) is 32.5 Å². The lowest BCUT2D eigenvalue weighted by molar-refractivity contribution is 0.0842. The average Bonchev–Trinajstić information content (AvgIpc) is 2.42. The molecule has 0 amide bonds. The summed E-state index contributed by atoms with van der Waals surface area (Å²) < 4.78 is 11.5. The van der Waals surface area contributed by atoms with Gasteiger partial charge in [-0.1, -0.05) is 12.1 Å². The Kier molecular flexibility index (Phi) is 2.48. The first-order valence-corrected chi connectivity index (χ1v) is 5.11. The van der Waals surface area contributed by atoms with E-state index in [0.29, 0.717) is 0 Å². The van der Waals surface area contributed by atoms with Crippen LogP contribution in [0.15, 0.2) is 24.3 Å². The summed E-state index contributed by atoms with van der Waals surface area (Å²) in [6.45, 7) is 6.02. The average molecular weight is 206 g/mol. The molecule has 4 heteroatoms. The minimum atomic E-state index is -0.324. The molecule has 1 fully saturated rings. The molecule has 0 radical (unpaired) electrons. The molecular weight excluding hydrogens is 191 g/mol. The molecular formula is C11H15BO3. The van der Waals surface area contributed by atoms with Crippen molar-refractivity contribution in [3.63, 3.8) is 0 Å². The first-order chi connectivity index (χ1) is 6.99. The van der Waals surface area contributed by atoms with Gasteiger partial charge < -0.3 is 14.4 Å². The van der Waals surface area contributed by atoms with Gasteiger partial charge in [-0.2, -0.15) is 0 Å². The normalized spacial score (nSPS) is 24.5. The molecule has 1 aromatic rings. The molecule has 0 aliphatic carbocycles. The molecule has 0 saturated carbocycles. The van der Waals surface area contributed by atoms with E-state index in [2.05, 4.69) is 0 Å². The van der Waals surface area contributed by atoms with Gasteiger partial charge in [0.05, 0.1) is 11.7 Å². The van der Waals surface area contributed by atoms with E-state index < -0.39 is 0 Å². The Labute approximate surface area is 90.2 Å². The van der Waals surface area contributed by atoms with Crippen LogP contribution in [0.2, 0.25) is 0 Å². The predicted octanol–water partition coefficient (Wildman–Crippen LogP) is 1.30. The van der Waals surface area contributed by atoms with Crippen LogP contribution in [-0.4, -0.2) is 23.9 Å². The predicted molar refractivity (Wildman–Crippen MR) is 59.2 cm³/mol. The van der Waals surface area contributed by atoms with Crippen molar-refractivity contribution < 1.29 is 14.4 Å². The summed E-state index contributed by atoms with van der Waals surface area (Å²) >= 11 is 0. The van der Waals surface area contributed by atoms with Gasteiger partial charge in [-0.15, -0.1) is 0 Å². The smallest absolute Gasteiger partial charge is 0.494 e. The molecule has 1 aromatic carbocycles. The second-order valence-corrected chi connectivity index (χ2v) is 4.42. The third kappa shape index (κ3) is 2.01. The maximum atomic E-state index is 9.17. The molecule has 0 bridgehead atoms. The fourth-order valence-corrected chi connectivity index (χ4v) is 1.53. The van der Waals surface area contributed by atoms with Gasteiger partial charge in [-0.05, 0) is 38.4 Å². The molecule has 0 spiro atoms. The third-order valence-corrected chi connectivity index (χ3v) is 2.88. The number of phenolic OH excluding ortho intramolecular Hbond substituents is 1. The van der Waals surface area contributed by atoms with Crippen LogP contribution >= 0.6 is 0 Å². The van der Waals surface area contributed by atoms with E-state index >= 15 is 0 Å². The summed E-state index contributed by atoms with van der Waals surface area (Å²) in [6.07, 6.45) is 0.0660. The third-order valence-electron chi connectivity index (χ3n) is 2.88. The number of rotatable bonds is 1. The molecule has 1 saturated heterocycles. The van der Waals surface area contributed by atoms with Crippen LogP contribution in [0.5, 0.6) is 5.75 Å². The largest absolute Gasteiger partial charge is 0.508 e. The van der Waals surface area contributed by atoms with Gasteiger partial charge in [-0.25, -0.2) is 0 Å². The zero-order valence-electron chi connectivity index (χ0n) is 9.23. The van der Waals surface area contributed by atoms with E-state index in [0.717, 1.165) is 5.46 Å². The first kappa shape index (κ1) is 10.5. The standard InChI is InChI=1S/C11H15BO3/c1-8-11(2,3)15-12(14-8)9-4-6-10(13)7-5-9/h4-8,13H,1-3H3. The number of hydrogen-bond acceptors (Lipinski definition) is 3. The molecule has 1 aliphatic rings. The van der Waals surface area contributed by atoms with E-state index in [1.165, 1.54) is 0 Å². The first-order valence-electron chi connectivity index (χ1n) is 5.11. The van der Waals surface area contributed by atoms with Crippen molar-refractivity contribution in [2.24, 2.45) is 0 Å². The van der Waals surface area contributed by atoms with E-state index in [1.807, 2.05) is 32.9 Å². The van der Waals surface area contributed by atoms with Crippen LogP contribution < -0.4 is 5.46 Å². The lowest BCUT2D eigenvalue weighted by Crippen LogP contribution is -2.34. The second kappa shape index (κ2) is 3.54. The van der Waals surface area contributed by atoms with Crippen molar-refractivity contribution >= 4 is 12.6 Å². The fraction of sp³-hybridized carbons (Fsp3) is 0.455. The Morgan fingerprint density at radius 1 is 1.27 bits per heavy atom. The summed E-state index contributed by atoms with van der Waals surface area (Å²) in [5.41, 5.74) is 0.674. The lowest BCUT2D eigenvalue weighted by Gasteiger charge is -2.21. The van der Waals surface area contributed by atoms with Gasteiger partial charge in [-0.3, -0.25) is 0 Å². The molecule has 2 rings (SSSR count). The van der Waals surface area contributed by atoms with Gasteiger partial charge in [0.2, 0.25) is 0 Å². The van der Waals surface area contributed by atoms with E-state index in [-0.39, 0.29) is 24.6 Å². The number of benzene rings is 1. The highest BCUT2D eigenvalue weighted by atomic mass is 16.7. The van der Waals surface area contributed by atoms with Crippen LogP contribution in [0.25, 0.3) is 0 Å². The van der Waals surface area contributed by atoms with Crippen LogP contribution in [0.3, 0.4) is 0 Å². The molecule has 0 aromatic heterocycles. The van der Waals surface area contributed by atoms with Gasteiger partial charge in [0.15, 0.2) is 0 Å². The Balaban J connectivity index is 2.17. The molecule has 80 valence electrons. The molecule has 1 unspecified atom stereocenters. The monoisotopic (exact) mass is 206 g/mol. The van der Waals surface area contributed by atoms with E-state index in [9.17, 15) is 5.11 Å². The number of aromatic hydroxyl groups is 1. The van der Waals surface area contributed by atoms with Crippen molar-refractivity contribution in [3.8, 4) is 5.75 Å². The maximum Gasteiger partial charge on any atom is 0.494 e. The highest BCUT2D eigenvalue weighted by Crippen LogP contribution is 2.26. The van der Waals surface area contributed by atoms with Crippen molar-refractivity contribution in [3.05, 3.63) is 24.3 Å². The fourth-order valence-electron chi connectivity index (χ4n) is 1.53. The van der Waals surface area contributed by atoms with E-state index in [4.69, 9.17) is 9.31 Å². The SMILES string of the molecule is CC1OB(c2ccc(O)cc2)OC1(C)C. The molecule has 1 atom stereocenters. The molecule has 3 nitrogen and oxygen atoms in total. The highest BCUT2D eigenvalue weighted by Gasteiger charge is 2.43. The van der Waals surface area contributed by atoms with Crippen LogP contribution in [0.1, 0.15) is 20.8 Å². The quantitative estimate of drug-likeness (QED) is 0.704. The molecule has 1 aliphatic heterocycles. The van der Waals surface area contributed by atoms with Crippen LogP contribution in [0, 0.1) is 0 Å². The highest BCUT2D eigenvalue weighted by molar-refractivity contribution is 6.62. The molecule has 15 heavy (non-hydrogen) atoms. The number of hydrogen-bond donors (Lipinski definition) is 1. The van der Waals surface area contributed by atoms with Gasteiger partial charge >= 0.3 is 7.12 Å². The van der Waals surface area contributed by atoms with Crippen LogP contribution in [0.4, 0.5) is 0 Å². The summed E-state index contributed by atoms with van der Waals surface area (Å²) in [4.78, 5) is 0. The van der Waals surface area contributed by atoms with Crippen LogP contribution in [-0.2, 0) is 9.31 Å². The van der Waals surface area contributed by atoms with E-state index in [1.54, 1.807) is 12.1 Å². The minimum absolute atomic E-state index is 0.0660. The van der Waals surface area contributed by atoms with Gasteiger partial charge in [0, 0.05) is 0 Å². The zero-order valence-corrected chi connectivity index (χ0v) is 9.23. The van der Waals surface area contributed by atoms with Crippen molar-refractivity contribution in [1.82, 2.24) is 0 Å². The molecule has 1 heterocycles. The summed E-state index contributed by atoms with van der Waals surface area (Å²) in [5, 5.41) is 9.17.